The second kappa shape index (κ2) is 10.1. The van der Waals surface area contributed by atoms with E-state index in [1.165, 1.54) is 27.6 Å². The summed E-state index contributed by atoms with van der Waals surface area (Å²) in [6.07, 6.45) is 3.05. The molecule has 1 fully saturated rings. The van der Waals surface area contributed by atoms with E-state index in [0.29, 0.717) is 31.2 Å². The Labute approximate surface area is 203 Å². The van der Waals surface area contributed by atoms with E-state index in [2.05, 4.69) is 41.5 Å². The first-order chi connectivity index (χ1) is 15.4. The zero-order chi connectivity index (χ0) is 22.7. The number of benzene rings is 2. The van der Waals surface area contributed by atoms with Gasteiger partial charge in [0.05, 0.1) is 10.7 Å². The molecule has 5 nitrogen and oxygen atoms in total. The van der Waals surface area contributed by atoms with E-state index in [-0.39, 0.29) is 9.92 Å². The summed E-state index contributed by atoms with van der Waals surface area (Å²) in [6, 6.07) is 13.2. The lowest BCUT2D eigenvalue weighted by Gasteiger charge is -2.34. The Morgan fingerprint density at radius 2 is 1.69 bits per heavy atom. The number of hydrogen-bond donors (Lipinski definition) is 0. The fourth-order valence-electron chi connectivity index (χ4n) is 3.78. The van der Waals surface area contributed by atoms with Gasteiger partial charge in [-0.2, -0.15) is 4.31 Å². The Bertz CT molecular complexity index is 1170. The molecule has 1 aliphatic heterocycles. The normalized spacial score (nSPS) is 15.3. The number of aromatic nitrogens is 1. The summed E-state index contributed by atoms with van der Waals surface area (Å²) in [5, 5.41) is 3.55. The van der Waals surface area contributed by atoms with Gasteiger partial charge in [0, 0.05) is 43.0 Å². The summed E-state index contributed by atoms with van der Waals surface area (Å²) in [4.78, 5) is 7.00. The Balaban J connectivity index is 1.38. The largest absolute Gasteiger partial charge is 0.345 e. The number of nitrogens with zero attached hydrogens (tertiary/aromatic N) is 3. The molecule has 0 amide bonds. The van der Waals surface area contributed by atoms with Gasteiger partial charge in [-0.1, -0.05) is 60.8 Å². The van der Waals surface area contributed by atoms with E-state index in [1.54, 1.807) is 17.4 Å². The summed E-state index contributed by atoms with van der Waals surface area (Å²) in [5.74, 6) is 0. The molecule has 0 N–H and O–H groups in total. The van der Waals surface area contributed by atoms with Crippen LogP contribution in [0.25, 0.3) is 0 Å². The highest BCUT2D eigenvalue weighted by Gasteiger charge is 2.31. The van der Waals surface area contributed by atoms with Crippen LogP contribution >= 0.6 is 34.5 Å². The first kappa shape index (κ1) is 23.5. The summed E-state index contributed by atoms with van der Waals surface area (Å²) in [7, 11) is -3.69. The van der Waals surface area contributed by atoms with E-state index < -0.39 is 10.0 Å². The summed E-state index contributed by atoms with van der Waals surface area (Å²) >= 11 is 13.7. The van der Waals surface area contributed by atoms with Gasteiger partial charge >= 0.3 is 0 Å². The number of thiazole rings is 1. The number of aryl methyl sites for hydroxylation is 1. The van der Waals surface area contributed by atoms with Crippen molar-refractivity contribution < 1.29 is 8.42 Å². The molecular formula is C23H25Cl2N3O2S2. The first-order valence-corrected chi connectivity index (χ1v) is 13.7. The van der Waals surface area contributed by atoms with Crippen molar-refractivity contribution in [2.24, 2.45) is 0 Å². The molecule has 0 spiro atoms. The highest BCUT2D eigenvalue weighted by molar-refractivity contribution is 7.89. The third-order valence-corrected chi connectivity index (χ3v) is 9.07. The Morgan fingerprint density at radius 1 is 1.00 bits per heavy atom. The molecule has 0 bridgehead atoms. The van der Waals surface area contributed by atoms with E-state index in [4.69, 9.17) is 28.2 Å². The van der Waals surface area contributed by atoms with Crippen LogP contribution in [-0.2, 0) is 22.9 Å². The standard InChI is InChI=1S/C23H25Cl2N3O2S2/c1-2-3-17-4-6-18(7-5-17)14-20-16-31-23(26-20)27-10-12-28(13-11-27)32(29,30)22-15-19(24)8-9-21(22)25/h4-9,15-16H,2-3,10-14H2,1H3. The number of halogens is 2. The fourth-order valence-corrected chi connectivity index (χ4v) is 6.82. The first-order valence-electron chi connectivity index (χ1n) is 10.6. The van der Waals surface area contributed by atoms with Crippen LogP contribution in [0.1, 0.15) is 30.2 Å². The molecule has 0 saturated carbocycles. The molecule has 0 unspecified atom stereocenters. The number of piperazine rings is 1. The van der Waals surface area contributed by atoms with Gasteiger partial charge in [-0.05, 0) is 35.7 Å². The average Bonchev–Trinajstić information content (AvgIpc) is 3.25. The SMILES string of the molecule is CCCc1ccc(Cc2csc(N3CCN(S(=O)(=O)c4cc(Cl)ccc4Cl)CC3)n2)cc1. The molecular weight excluding hydrogens is 485 g/mol. The Hall–Kier alpha value is -1.64. The van der Waals surface area contributed by atoms with E-state index in [9.17, 15) is 8.42 Å². The minimum atomic E-state index is -3.69. The molecule has 0 radical (unpaired) electrons. The quantitative estimate of drug-likeness (QED) is 0.421. The molecule has 3 aromatic rings. The zero-order valence-corrected chi connectivity index (χ0v) is 20.9. The smallest absolute Gasteiger partial charge is 0.244 e. The van der Waals surface area contributed by atoms with Gasteiger partial charge in [0.1, 0.15) is 4.90 Å². The molecule has 2 heterocycles. The third-order valence-electron chi connectivity index (χ3n) is 5.51. The van der Waals surface area contributed by atoms with Gasteiger partial charge in [-0.25, -0.2) is 13.4 Å². The minimum Gasteiger partial charge on any atom is -0.345 e. The second-order valence-electron chi connectivity index (χ2n) is 7.83. The molecule has 4 rings (SSSR count). The van der Waals surface area contributed by atoms with Crippen LogP contribution in [0, 0.1) is 0 Å². The van der Waals surface area contributed by atoms with Crippen LogP contribution in [0.15, 0.2) is 52.7 Å². The van der Waals surface area contributed by atoms with Crippen LogP contribution in [0.5, 0.6) is 0 Å². The molecule has 1 aliphatic rings. The molecule has 1 saturated heterocycles. The highest BCUT2D eigenvalue weighted by Crippen LogP contribution is 2.29. The van der Waals surface area contributed by atoms with Gasteiger partial charge < -0.3 is 4.90 Å². The second-order valence-corrected chi connectivity index (χ2v) is 11.4. The molecule has 2 aromatic carbocycles. The average molecular weight is 511 g/mol. The predicted molar refractivity (Wildman–Crippen MR) is 133 cm³/mol. The molecule has 0 aliphatic carbocycles. The summed E-state index contributed by atoms with van der Waals surface area (Å²) in [5.41, 5.74) is 3.65. The van der Waals surface area contributed by atoms with E-state index >= 15 is 0 Å². The van der Waals surface area contributed by atoms with Crippen molar-refractivity contribution in [1.29, 1.82) is 0 Å². The fraction of sp³-hybridized carbons (Fsp3) is 0.348. The van der Waals surface area contributed by atoms with Gasteiger partial charge in [0.2, 0.25) is 10.0 Å². The Morgan fingerprint density at radius 3 is 2.38 bits per heavy atom. The van der Waals surface area contributed by atoms with Crippen molar-refractivity contribution in [2.45, 2.75) is 31.1 Å². The lowest BCUT2D eigenvalue weighted by molar-refractivity contribution is 0.384. The molecule has 9 heteroatoms. The van der Waals surface area contributed by atoms with Crippen molar-refractivity contribution in [3.8, 4) is 0 Å². The minimum absolute atomic E-state index is 0.0570. The van der Waals surface area contributed by atoms with E-state index in [0.717, 1.165) is 30.1 Å². The molecule has 32 heavy (non-hydrogen) atoms. The van der Waals surface area contributed by atoms with Crippen LogP contribution in [0.3, 0.4) is 0 Å². The highest BCUT2D eigenvalue weighted by atomic mass is 35.5. The van der Waals surface area contributed by atoms with Crippen molar-refractivity contribution in [2.75, 3.05) is 31.1 Å². The maximum Gasteiger partial charge on any atom is 0.244 e. The third kappa shape index (κ3) is 5.29. The van der Waals surface area contributed by atoms with Crippen LogP contribution < -0.4 is 4.90 Å². The number of hydrogen-bond acceptors (Lipinski definition) is 5. The zero-order valence-electron chi connectivity index (χ0n) is 17.8. The number of sulfonamides is 1. The summed E-state index contributed by atoms with van der Waals surface area (Å²) < 4.78 is 27.5. The van der Waals surface area contributed by atoms with Gasteiger partial charge in [0.15, 0.2) is 5.13 Å². The molecule has 170 valence electrons. The van der Waals surface area contributed by atoms with Crippen molar-refractivity contribution in [3.63, 3.8) is 0 Å². The number of anilines is 1. The topological polar surface area (TPSA) is 53.5 Å². The van der Waals surface area contributed by atoms with Crippen molar-refractivity contribution >= 4 is 49.7 Å². The van der Waals surface area contributed by atoms with Crippen LogP contribution in [0.4, 0.5) is 5.13 Å². The molecule has 0 atom stereocenters. The lowest BCUT2D eigenvalue weighted by atomic mass is 10.1. The van der Waals surface area contributed by atoms with Gasteiger partial charge in [-0.3, -0.25) is 0 Å². The predicted octanol–water partition coefficient (Wildman–Crippen LogP) is 5.50. The maximum absolute atomic E-state index is 13.0. The van der Waals surface area contributed by atoms with Crippen molar-refractivity contribution in [3.05, 3.63) is 74.7 Å². The van der Waals surface area contributed by atoms with E-state index in [1.807, 2.05) is 0 Å². The Kier molecular flexibility index (Phi) is 7.42. The van der Waals surface area contributed by atoms with Gasteiger partial charge in [-0.15, -0.1) is 11.3 Å². The molecule has 1 aromatic heterocycles. The summed E-state index contributed by atoms with van der Waals surface area (Å²) in [6.45, 7) is 4.09. The van der Waals surface area contributed by atoms with Crippen molar-refractivity contribution in [1.82, 2.24) is 9.29 Å². The van der Waals surface area contributed by atoms with Gasteiger partial charge in [0.25, 0.3) is 0 Å². The maximum atomic E-state index is 13.0. The lowest BCUT2D eigenvalue weighted by Crippen LogP contribution is -2.48. The monoisotopic (exact) mass is 509 g/mol. The number of rotatable bonds is 7. The van der Waals surface area contributed by atoms with Crippen LogP contribution in [-0.4, -0.2) is 43.9 Å². The van der Waals surface area contributed by atoms with Crippen LogP contribution in [0.2, 0.25) is 10.0 Å².